The van der Waals surface area contributed by atoms with Gasteiger partial charge >= 0.3 is 0 Å². The monoisotopic (exact) mass is 308 g/mol. The van der Waals surface area contributed by atoms with Crippen LogP contribution in [0.3, 0.4) is 0 Å². The molecule has 0 aliphatic carbocycles. The van der Waals surface area contributed by atoms with Crippen molar-refractivity contribution in [3.63, 3.8) is 0 Å². The van der Waals surface area contributed by atoms with Crippen LogP contribution < -0.4 is 5.73 Å². The van der Waals surface area contributed by atoms with Crippen molar-refractivity contribution < 1.29 is 4.79 Å². The Morgan fingerprint density at radius 1 is 1.13 bits per heavy atom. The van der Waals surface area contributed by atoms with E-state index in [-0.39, 0.29) is 11.9 Å². The summed E-state index contributed by atoms with van der Waals surface area (Å²) in [5.41, 5.74) is 8.91. The van der Waals surface area contributed by atoms with E-state index in [1.54, 1.807) is 0 Å². The van der Waals surface area contributed by atoms with E-state index in [4.69, 9.17) is 5.73 Å². The van der Waals surface area contributed by atoms with Crippen molar-refractivity contribution >= 4 is 5.91 Å². The second-order valence-electron chi connectivity index (χ2n) is 6.42. The third-order valence-corrected chi connectivity index (χ3v) is 4.73. The highest BCUT2D eigenvalue weighted by Gasteiger charge is 2.27. The van der Waals surface area contributed by atoms with E-state index in [0.717, 1.165) is 42.6 Å². The zero-order valence-corrected chi connectivity index (χ0v) is 13.6. The van der Waals surface area contributed by atoms with Crippen molar-refractivity contribution in [2.45, 2.75) is 25.8 Å². The topological polar surface area (TPSA) is 46.3 Å². The predicted molar refractivity (Wildman–Crippen MR) is 94.2 cm³/mol. The van der Waals surface area contributed by atoms with Gasteiger partial charge in [-0.15, -0.1) is 0 Å². The fourth-order valence-electron chi connectivity index (χ4n) is 3.33. The standard InChI is InChI=1S/C20H24N2O/c1-15(21)17-10-7-13-22(14-17)20(23)19-12-6-5-11-18(19)16-8-3-2-4-9-16/h2-6,8-9,11-12,15,17H,7,10,13-14,21H2,1H3/t15-,17+/m1/s1. The van der Waals surface area contributed by atoms with Gasteiger partial charge in [-0.3, -0.25) is 4.79 Å². The summed E-state index contributed by atoms with van der Waals surface area (Å²) in [5, 5.41) is 0. The number of hydrogen-bond donors (Lipinski definition) is 1. The summed E-state index contributed by atoms with van der Waals surface area (Å²) < 4.78 is 0. The minimum atomic E-state index is 0.120. The van der Waals surface area contributed by atoms with Gasteiger partial charge in [-0.25, -0.2) is 0 Å². The minimum absolute atomic E-state index is 0.120. The molecular formula is C20H24N2O. The van der Waals surface area contributed by atoms with Crippen LogP contribution in [0.4, 0.5) is 0 Å². The first-order chi connectivity index (χ1) is 11.2. The van der Waals surface area contributed by atoms with Gasteiger partial charge in [0, 0.05) is 24.7 Å². The molecule has 1 fully saturated rings. The first-order valence-electron chi connectivity index (χ1n) is 8.36. The van der Waals surface area contributed by atoms with Gasteiger partial charge in [0.05, 0.1) is 0 Å². The molecule has 2 aromatic rings. The molecule has 2 aromatic carbocycles. The number of piperidine rings is 1. The molecule has 0 aromatic heterocycles. The van der Waals surface area contributed by atoms with E-state index < -0.39 is 0 Å². The zero-order valence-electron chi connectivity index (χ0n) is 13.6. The van der Waals surface area contributed by atoms with Gasteiger partial charge in [0.25, 0.3) is 5.91 Å². The maximum absolute atomic E-state index is 13.0. The Morgan fingerprint density at radius 2 is 1.83 bits per heavy atom. The van der Waals surface area contributed by atoms with Gasteiger partial charge in [-0.2, -0.15) is 0 Å². The molecule has 1 aliphatic heterocycles. The highest BCUT2D eigenvalue weighted by atomic mass is 16.2. The SMILES string of the molecule is C[C@@H](N)[C@H]1CCCN(C(=O)c2ccccc2-c2ccccc2)C1. The molecule has 0 spiro atoms. The van der Waals surface area contributed by atoms with Crippen LogP contribution in [0, 0.1) is 5.92 Å². The van der Waals surface area contributed by atoms with E-state index in [2.05, 4.69) is 0 Å². The first-order valence-corrected chi connectivity index (χ1v) is 8.36. The maximum Gasteiger partial charge on any atom is 0.254 e. The van der Waals surface area contributed by atoms with Crippen LogP contribution in [-0.4, -0.2) is 29.9 Å². The van der Waals surface area contributed by atoms with E-state index in [1.165, 1.54) is 0 Å². The third-order valence-electron chi connectivity index (χ3n) is 4.73. The molecule has 3 rings (SSSR count). The van der Waals surface area contributed by atoms with Crippen LogP contribution in [0.2, 0.25) is 0 Å². The van der Waals surface area contributed by atoms with Crippen LogP contribution in [-0.2, 0) is 0 Å². The summed E-state index contributed by atoms with van der Waals surface area (Å²) in [4.78, 5) is 15.0. The summed E-state index contributed by atoms with van der Waals surface area (Å²) in [5.74, 6) is 0.520. The number of rotatable bonds is 3. The molecule has 0 unspecified atom stereocenters. The number of amides is 1. The smallest absolute Gasteiger partial charge is 0.254 e. The Balaban J connectivity index is 1.88. The molecule has 1 saturated heterocycles. The molecule has 3 nitrogen and oxygen atoms in total. The Bertz CT molecular complexity index is 666. The van der Waals surface area contributed by atoms with Crippen LogP contribution in [0.25, 0.3) is 11.1 Å². The van der Waals surface area contributed by atoms with E-state index in [9.17, 15) is 4.79 Å². The summed E-state index contributed by atoms with van der Waals surface area (Å²) in [7, 11) is 0. The van der Waals surface area contributed by atoms with Crippen molar-refractivity contribution in [2.24, 2.45) is 11.7 Å². The number of carbonyl (C=O) groups is 1. The molecule has 1 heterocycles. The molecule has 1 amide bonds. The summed E-state index contributed by atoms with van der Waals surface area (Å²) in [6.45, 7) is 3.63. The predicted octanol–water partition coefficient (Wildman–Crippen LogP) is 3.55. The van der Waals surface area contributed by atoms with Crippen LogP contribution in [0.1, 0.15) is 30.1 Å². The summed E-state index contributed by atoms with van der Waals surface area (Å²) in [6.07, 6.45) is 2.15. The lowest BCUT2D eigenvalue weighted by atomic mass is 9.91. The number of hydrogen-bond acceptors (Lipinski definition) is 2. The maximum atomic E-state index is 13.0. The Hall–Kier alpha value is -2.13. The average Bonchev–Trinajstić information content (AvgIpc) is 2.62. The largest absolute Gasteiger partial charge is 0.338 e. The summed E-state index contributed by atoms with van der Waals surface area (Å²) in [6, 6.07) is 18.1. The number of nitrogens with two attached hydrogens (primary N) is 1. The molecule has 120 valence electrons. The lowest BCUT2D eigenvalue weighted by molar-refractivity contribution is 0.0662. The van der Waals surface area contributed by atoms with Gasteiger partial charge in [-0.1, -0.05) is 48.5 Å². The minimum Gasteiger partial charge on any atom is -0.338 e. The molecular weight excluding hydrogens is 284 g/mol. The van der Waals surface area contributed by atoms with Crippen molar-refractivity contribution in [3.8, 4) is 11.1 Å². The average molecular weight is 308 g/mol. The van der Waals surface area contributed by atoms with Crippen LogP contribution in [0.5, 0.6) is 0 Å². The van der Waals surface area contributed by atoms with Gasteiger partial charge in [0.2, 0.25) is 0 Å². The second-order valence-corrected chi connectivity index (χ2v) is 6.42. The molecule has 1 aliphatic rings. The number of benzene rings is 2. The van der Waals surface area contributed by atoms with Crippen molar-refractivity contribution in [1.82, 2.24) is 4.90 Å². The van der Waals surface area contributed by atoms with E-state index >= 15 is 0 Å². The number of nitrogens with zero attached hydrogens (tertiary/aromatic N) is 1. The van der Waals surface area contributed by atoms with Gasteiger partial charge < -0.3 is 10.6 Å². The van der Waals surface area contributed by atoms with Crippen molar-refractivity contribution in [1.29, 1.82) is 0 Å². The highest BCUT2D eigenvalue weighted by Crippen LogP contribution is 2.27. The van der Waals surface area contributed by atoms with Gasteiger partial charge in [-0.05, 0) is 42.9 Å². The van der Waals surface area contributed by atoms with Crippen LogP contribution in [0.15, 0.2) is 54.6 Å². The molecule has 0 bridgehead atoms. The first kappa shape index (κ1) is 15.8. The quantitative estimate of drug-likeness (QED) is 0.942. The Morgan fingerprint density at radius 3 is 2.57 bits per heavy atom. The molecule has 0 saturated carbocycles. The molecule has 23 heavy (non-hydrogen) atoms. The fraction of sp³-hybridized carbons (Fsp3) is 0.350. The lowest BCUT2D eigenvalue weighted by Crippen LogP contribution is -2.45. The molecule has 2 atom stereocenters. The van der Waals surface area contributed by atoms with Crippen molar-refractivity contribution in [2.75, 3.05) is 13.1 Å². The lowest BCUT2D eigenvalue weighted by Gasteiger charge is -2.35. The summed E-state index contributed by atoms with van der Waals surface area (Å²) >= 11 is 0. The van der Waals surface area contributed by atoms with Crippen molar-refractivity contribution in [3.05, 3.63) is 60.2 Å². The highest BCUT2D eigenvalue weighted by molar-refractivity contribution is 6.00. The zero-order chi connectivity index (χ0) is 16.2. The Labute approximate surface area is 138 Å². The normalized spacial score (nSPS) is 19.4. The van der Waals surface area contributed by atoms with E-state index in [1.807, 2.05) is 66.4 Å². The Kier molecular flexibility index (Phi) is 4.77. The second kappa shape index (κ2) is 6.97. The van der Waals surface area contributed by atoms with Gasteiger partial charge in [0.15, 0.2) is 0 Å². The van der Waals surface area contributed by atoms with Gasteiger partial charge in [0.1, 0.15) is 0 Å². The van der Waals surface area contributed by atoms with Crippen LogP contribution >= 0.6 is 0 Å². The van der Waals surface area contributed by atoms with E-state index in [0.29, 0.717) is 5.92 Å². The third kappa shape index (κ3) is 3.45. The number of likely N-dealkylation sites (tertiary alicyclic amines) is 1. The molecule has 0 radical (unpaired) electrons. The molecule has 3 heteroatoms. The molecule has 2 N–H and O–H groups in total. The fourth-order valence-corrected chi connectivity index (χ4v) is 3.33. The number of carbonyl (C=O) groups excluding carboxylic acids is 1.